The Morgan fingerprint density at radius 1 is 0.571 bits per heavy atom. The number of aromatic nitrogens is 2. The first-order valence-electron chi connectivity index (χ1n) is 44.5. The fourth-order valence-corrected chi connectivity index (χ4v) is 17.2. The number of rotatable bonds is 25. The van der Waals surface area contributed by atoms with E-state index in [2.05, 4.69) is 68.5 Å². The van der Waals surface area contributed by atoms with Crippen molar-refractivity contribution in [2.75, 3.05) is 72.0 Å². The molecule has 8 rings (SSSR count). The predicted octanol–water partition coefficient (Wildman–Crippen LogP) is -3.77. The van der Waals surface area contributed by atoms with Crippen LogP contribution in [0.1, 0.15) is 140 Å². The summed E-state index contributed by atoms with van der Waals surface area (Å²) in [7, 11) is 3.88. The molecule has 3 aliphatic heterocycles. The van der Waals surface area contributed by atoms with Gasteiger partial charge < -0.3 is 126 Å². The first kappa shape index (κ1) is 105. The van der Waals surface area contributed by atoms with Gasteiger partial charge in [0.2, 0.25) is 100 Å². The SMILES string of the molecule is CCCC[C@H]1C(=O)N(C)[C@@H](CCCC)C(=O)N[C@@H](CCCNC(=N)N)C(=O)N[C@H](C(=O)NCC(N)=O)CSCC(=O)N[C@@H](Cc2cccc(C#N)c2)C(=O)N(C)[C@@H](C)C(=O)N[C@@H](CC(N)=O)C(=O)N2CCC[C@H]2C(=O)N[C@@H](CN)C(=O)N[C@@H](CC(C)C)C(=O)N2C[C@H](O)C[C@H]2C(=O)N[C@@H](Cc2c[nH]c3ccccc23)C(=O)N[C@@H](CO)C(=O)N[C@@H](Cc2c[nH]c3ccccc23)C(=O)N1C. The molecule has 3 aromatic carbocycles. The van der Waals surface area contributed by atoms with Gasteiger partial charge in [0.1, 0.15) is 84.6 Å². The third-order valence-corrected chi connectivity index (χ3v) is 24.7. The first-order chi connectivity index (χ1) is 63.3. The largest absolute Gasteiger partial charge is 0.394 e. The molecule has 3 fully saturated rings. The lowest BCUT2D eigenvalue weighted by atomic mass is 10.00. The summed E-state index contributed by atoms with van der Waals surface area (Å²) >= 11 is 0.753. The molecule has 43 nitrogen and oxygen atoms in total. The van der Waals surface area contributed by atoms with Gasteiger partial charge in [0.25, 0.3) is 0 Å². The number of likely N-dealkylation sites (N-methyl/N-ethyl adjacent to an activating group) is 3. The molecule has 17 amide bonds. The molecule has 0 saturated carbocycles. The van der Waals surface area contributed by atoms with Crippen LogP contribution < -0.4 is 81.4 Å². The normalized spacial score (nSPS) is 24.9. The number of H-pyrrole nitrogens is 2. The number of aliphatic hydroxyl groups excluding tert-OH is 2. The van der Waals surface area contributed by atoms with E-state index < -0.39 is 248 Å². The molecule has 3 saturated heterocycles. The molecular weight excluding hydrogens is 1740 g/mol. The molecule has 133 heavy (non-hydrogen) atoms. The van der Waals surface area contributed by atoms with E-state index >= 15 is 33.6 Å². The summed E-state index contributed by atoms with van der Waals surface area (Å²) in [6, 6.07) is 0.0871. The minimum Gasteiger partial charge on any atom is -0.394 e. The topological polar surface area (TPSA) is 662 Å². The molecule has 24 N–H and O–H groups in total. The summed E-state index contributed by atoms with van der Waals surface area (Å²) in [6.07, 6.45) is 1.19. The predicted molar refractivity (Wildman–Crippen MR) is 490 cm³/mol. The van der Waals surface area contributed by atoms with Crippen LogP contribution in [0.4, 0.5) is 0 Å². The Morgan fingerprint density at radius 3 is 1.72 bits per heavy atom. The van der Waals surface area contributed by atoms with Crippen LogP contribution in [0.5, 0.6) is 0 Å². The highest BCUT2D eigenvalue weighted by atomic mass is 32.2. The zero-order chi connectivity index (χ0) is 97.6. The van der Waals surface area contributed by atoms with Crippen molar-refractivity contribution in [2.45, 2.75) is 228 Å². The minimum absolute atomic E-state index is 0.0137. The third-order valence-electron chi connectivity index (χ3n) is 23.7. The number of carbonyl (C=O) groups is 17. The third kappa shape index (κ3) is 29.4. The van der Waals surface area contributed by atoms with Gasteiger partial charge in [-0.1, -0.05) is 102 Å². The van der Waals surface area contributed by atoms with Gasteiger partial charge in [0.05, 0.1) is 43.1 Å². The highest BCUT2D eigenvalue weighted by Crippen LogP contribution is 2.28. The number of thioether (sulfide) groups is 1. The Morgan fingerprint density at radius 2 is 1.11 bits per heavy atom. The molecule has 3 aliphatic rings. The number of aliphatic hydroxyl groups is 2. The fourth-order valence-electron chi connectivity index (χ4n) is 16.3. The Balaban J connectivity index is 1.19. The van der Waals surface area contributed by atoms with Crippen LogP contribution in [-0.4, -0.2) is 314 Å². The number of nitrogens with one attached hydrogen (secondary N) is 14. The maximum absolute atomic E-state index is 15.7. The second-order valence-corrected chi connectivity index (χ2v) is 35.1. The van der Waals surface area contributed by atoms with Crippen molar-refractivity contribution in [3.63, 3.8) is 0 Å². The van der Waals surface area contributed by atoms with E-state index in [1.165, 1.54) is 46.3 Å². The molecule has 5 aromatic rings. The molecule has 44 heteroatoms. The number of hydrogen-bond acceptors (Lipinski definition) is 23. The summed E-state index contributed by atoms with van der Waals surface area (Å²) < 4.78 is 0. The molecule has 2 aromatic heterocycles. The van der Waals surface area contributed by atoms with E-state index in [0.717, 1.165) is 36.3 Å². The van der Waals surface area contributed by atoms with Crippen LogP contribution in [0.3, 0.4) is 0 Å². The van der Waals surface area contributed by atoms with Crippen molar-refractivity contribution in [3.8, 4) is 6.07 Å². The number of guanidine groups is 1. The summed E-state index contributed by atoms with van der Waals surface area (Å²) in [4.78, 5) is 260. The zero-order valence-corrected chi connectivity index (χ0v) is 76.8. The Hall–Kier alpha value is -13.3. The lowest BCUT2D eigenvalue weighted by Crippen LogP contribution is -2.62. The van der Waals surface area contributed by atoms with Crippen LogP contribution in [-0.2, 0) is 101 Å². The molecule has 0 bridgehead atoms. The Bertz CT molecular complexity index is 5080. The number of unbranched alkanes of at least 4 members (excludes halogenated alkanes) is 2. The van der Waals surface area contributed by atoms with Gasteiger partial charge >= 0.3 is 0 Å². The average Bonchev–Trinajstić information content (AvgIpc) is 1.70. The van der Waals surface area contributed by atoms with Crippen LogP contribution in [0, 0.1) is 22.7 Å². The fraction of sp³-hybridized carbons (Fsp3) is 0.539. The lowest BCUT2D eigenvalue weighted by Gasteiger charge is -2.36. The molecule has 5 heterocycles. The summed E-state index contributed by atoms with van der Waals surface area (Å²) in [5.74, 6) is -18.1. The molecule has 0 spiro atoms. The van der Waals surface area contributed by atoms with Gasteiger partial charge in [-0.15, -0.1) is 11.8 Å². The van der Waals surface area contributed by atoms with Gasteiger partial charge in [-0.05, 0) is 98.7 Å². The van der Waals surface area contributed by atoms with E-state index in [0.29, 0.717) is 64.2 Å². The first-order valence-corrected chi connectivity index (χ1v) is 45.7. The van der Waals surface area contributed by atoms with E-state index in [4.69, 9.17) is 28.3 Å². The number of hydrogen-bond donors (Lipinski definition) is 20. The number of nitrogens with two attached hydrogens (primary N) is 4. The van der Waals surface area contributed by atoms with Crippen LogP contribution in [0.25, 0.3) is 21.8 Å². The summed E-state index contributed by atoms with van der Waals surface area (Å²) in [5.41, 5.74) is 25.7. The van der Waals surface area contributed by atoms with Crippen molar-refractivity contribution in [3.05, 3.63) is 107 Å². The van der Waals surface area contributed by atoms with Gasteiger partial charge in [-0.2, -0.15) is 5.26 Å². The van der Waals surface area contributed by atoms with E-state index in [1.54, 1.807) is 80.8 Å². The number of primary amides is 2. The second kappa shape index (κ2) is 50.4. The van der Waals surface area contributed by atoms with Gasteiger partial charge in [-0.25, -0.2) is 0 Å². The standard InChI is InChI=1S/C89H126N24O19S/c1-9-11-27-68-81(125)101-59(26-18-30-96-89(94)95)77(121)108-67(76(120)99-43-73(93)117)46-133-47-74(118)100-62(34-50-20-17-21-51(33-50)39-90)84(128)109(6)49(5)75(119)103-64(38-72(92)116)86(130)112-31-19-29-69(112)82(126)106-65(40-91)79(123)104-61(32-48(3)4)87(131)113-44-54(115)37-71(113)83(127)102-60(35-52-41-97-57-24-15-13-22-55(52)57)78(122)107-66(45-114)80(124)105-63(36-53-42-98-58-25-16-14-23-56(53)58)85(129)111(8)70(28-12-10-2)88(132)110(68)7/h13-17,20-25,33,41-42,48-49,54,59-71,97-98,114-115H,9-12,18-19,26-32,34-38,40,43-47,91H2,1-8H3,(H2,92,116)(H2,93,117)(H,99,120)(H,100,118)(H,101,125)(H,102,127)(H,103,119)(H,104,123)(H,105,124)(H,106,126)(H,107,122)(H,108,121)(H4,94,95,96)/t49-,54+,59-,60-,61-,62-,63-,64-,65-,66-,67-,68-,69-,70-,71-/m0/s1. The van der Waals surface area contributed by atoms with Gasteiger partial charge in [-0.3, -0.25) is 86.9 Å². The number of benzene rings is 3. The van der Waals surface area contributed by atoms with Crippen molar-refractivity contribution in [1.82, 2.24) is 93.0 Å². The van der Waals surface area contributed by atoms with Gasteiger partial charge in [0.15, 0.2) is 5.96 Å². The highest BCUT2D eigenvalue weighted by molar-refractivity contribution is 8.00. The van der Waals surface area contributed by atoms with Gasteiger partial charge in [0, 0.05) is 113 Å². The van der Waals surface area contributed by atoms with Crippen molar-refractivity contribution < 1.29 is 91.7 Å². The summed E-state index contributed by atoms with van der Waals surface area (Å²) in [5, 5.41) is 70.2. The molecule has 15 atom stereocenters. The molecule has 0 radical (unpaired) electrons. The Labute approximate surface area is 774 Å². The van der Waals surface area contributed by atoms with Crippen molar-refractivity contribution in [2.24, 2.45) is 28.9 Å². The number of carbonyl (C=O) groups excluding carboxylic acids is 17. The molecular formula is C89H126N24O19S. The molecule has 0 aliphatic carbocycles. The number of nitriles is 1. The quantitative estimate of drug-likeness (QED) is 0.0152. The smallest absolute Gasteiger partial charge is 0.246 e. The number of nitrogens with zero attached hydrogens (tertiary/aromatic N) is 6. The maximum atomic E-state index is 15.7. The van der Waals surface area contributed by atoms with Crippen molar-refractivity contribution >= 4 is 140 Å². The second-order valence-electron chi connectivity index (χ2n) is 34.1. The number of amides is 17. The molecule has 0 unspecified atom stereocenters. The monoisotopic (exact) mass is 1870 g/mol. The number of fused-ring (bicyclic) bond motifs is 4. The lowest BCUT2D eigenvalue weighted by molar-refractivity contribution is -0.149. The number of aromatic amines is 2. The summed E-state index contributed by atoms with van der Waals surface area (Å²) in [6.45, 7) is 5.35. The van der Waals surface area contributed by atoms with E-state index in [-0.39, 0.29) is 88.8 Å². The molecule has 722 valence electrons. The van der Waals surface area contributed by atoms with Crippen LogP contribution >= 0.6 is 11.8 Å². The number of para-hydroxylation sites is 2. The zero-order valence-electron chi connectivity index (χ0n) is 76.0. The highest BCUT2D eigenvalue weighted by Gasteiger charge is 2.47. The van der Waals surface area contributed by atoms with Crippen LogP contribution in [0.2, 0.25) is 0 Å². The maximum Gasteiger partial charge on any atom is 0.246 e. The van der Waals surface area contributed by atoms with E-state index in [9.17, 15) is 63.4 Å². The Kier molecular flexibility index (Phi) is 39.8. The van der Waals surface area contributed by atoms with Crippen LogP contribution in [0.15, 0.2) is 85.2 Å². The van der Waals surface area contributed by atoms with E-state index in [1.807, 2.05) is 19.9 Å². The minimum atomic E-state index is -1.89. The average molecular weight is 1870 g/mol. The van der Waals surface area contributed by atoms with Crippen molar-refractivity contribution in [1.29, 1.82) is 10.7 Å².